The van der Waals surface area contributed by atoms with Crippen molar-refractivity contribution in [3.63, 3.8) is 0 Å². The Morgan fingerprint density at radius 3 is 2.53 bits per heavy atom. The minimum atomic E-state index is -0.731. The molecule has 0 saturated carbocycles. The van der Waals surface area contributed by atoms with Crippen LogP contribution in [0.4, 0.5) is 4.39 Å². The Hall–Kier alpha value is -3.48. The molecule has 0 aliphatic rings. The first-order valence-corrected chi connectivity index (χ1v) is 9.76. The number of hydrogen-bond acceptors (Lipinski definition) is 3. The number of halogens is 1. The largest absolute Gasteiger partial charge is 0.502 e. The fraction of sp³-hybridized carbons (Fsp3) is 0.261. The van der Waals surface area contributed by atoms with Gasteiger partial charge in [-0.25, -0.2) is 9.18 Å². The van der Waals surface area contributed by atoms with E-state index in [1.54, 1.807) is 29.3 Å². The summed E-state index contributed by atoms with van der Waals surface area (Å²) >= 11 is 0. The van der Waals surface area contributed by atoms with E-state index in [0.29, 0.717) is 5.56 Å². The molecule has 0 aliphatic heterocycles. The van der Waals surface area contributed by atoms with Gasteiger partial charge in [-0.1, -0.05) is 13.0 Å². The molecule has 0 fully saturated rings. The third-order valence-electron chi connectivity index (χ3n) is 5.73. The van der Waals surface area contributed by atoms with E-state index >= 15 is 0 Å². The van der Waals surface area contributed by atoms with E-state index in [4.69, 9.17) is 4.74 Å². The molecule has 0 amide bonds. The molecule has 4 rings (SSSR count). The third-order valence-corrected chi connectivity index (χ3v) is 5.73. The summed E-state index contributed by atoms with van der Waals surface area (Å²) in [4.78, 5) is 12.3. The number of fused-ring (bicyclic) bond motifs is 1. The van der Waals surface area contributed by atoms with Crippen LogP contribution in [-0.4, -0.2) is 25.9 Å². The van der Waals surface area contributed by atoms with Gasteiger partial charge in [0.05, 0.1) is 24.2 Å². The SMILES string of the molecule is CCC(c1ccc2c(c1)n(C)c(=O)n2C)n1cccc1-c1cc(F)c(O)c(OC)c1. The second kappa shape index (κ2) is 7.40. The normalized spacial score (nSPS) is 12.4. The maximum Gasteiger partial charge on any atom is 0.328 e. The average molecular weight is 409 g/mol. The average Bonchev–Trinajstić information content (AvgIpc) is 3.31. The zero-order valence-corrected chi connectivity index (χ0v) is 17.4. The molecule has 1 atom stereocenters. The van der Waals surface area contributed by atoms with Gasteiger partial charge in [-0.3, -0.25) is 9.13 Å². The molecule has 0 bridgehead atoms. The van der Waals surface area contributed by atoms with Gasteiger partial charge in [0.2, 0.25) is 0 Å². The van der Waals surface area contributed by atoms with E-state index in [9.17, 15) is 14.3 Å². The monoisotopic (exact) mass is 409 g/mol. The van der Waals surface area contributed by atoms with Gasteiger partial charge >= 0.3 is 5.69 Å². The summed E-state index contributed by atoms with van der Waals surface area (Å²) in [5.74, 6) is -1.14. The number of hydrogen-bond donors (Lipinski definition) is 1. The zero-order chi connectivity index (χ0) is 21.6. The summed E-state index contributed by atoms with van der Waals surface area (Å²) in [6.07, 6.45) is 2.75. The van der Waals surface area contributed by atoms with E-state index < -0.39 is 11.6 Å². The number of aromatic nitrogens is 3. The Labute approximate surface area is 173 Å². The lowest BCUT2D eigenvalue weighted by atomic mass is 10.0. The van der Waals surface area contributed by atoms with Crippen molar-refractivity contribution in [3.8, 4) is 22.8 Å². The van der Waals surface area contributed by atoms with Crippen LogP contribution in [0.2, 0.25) is 0 Å². The number of benzene rings is 2. The lowest BCUT2D eigenvalue weighted by Gasteiger charge is -2.22. The standard InChI is InChI=1S/C23H24FN3O3/c1-5-17(14-8-9-19-20(12-14)26(3)23(29)25(19)2)27-10-6-7-18(27)15-11-16(24)22(28)21(13-15)30-4/h6-13,17,28H,5H2,1-4H3. The third kappa shape index (κ3) is 2.98. The predicted octanol–water partition coefficient (Wildman–Crippen LogP) is 4.20. The van der Waals surface area contributed by atoms with Gasteiger partial charge in [0.15, 0.2) is 17.3 Å². The Balaban J connectivity index is 1.85. The summed E-state index contributed by atoms with van der Waals surface area (Å²) < 4.78 is 24.7. The quantitative estimate of drug-likeness (QED) is 0.537. The van der Waals surface area contributed by atoms with E-state index in [0.717, 1.165) is 28.7 Å². The van der Waals surface area contributed by atoms with Crippen molar-refractivity contribution in [2.24, 2.45) is 14.1 Å². The number of phenols is 1. The van der Waals surface area contributed by atoms with Crippen LogP contribution in [-0.2, 0) is 14.1 Å². The van der Waals surface area contributed by atoms with E-state index in [-0.39, 0.29) is 17.5 Å². The van der Waals surface area contributed by atoms with E-state index in [2.05, 4.69) is 11.5 Å². The molecule has 0 radical (unpaired) electrons. The number of phenolic OH excluding ortho intramolecular Hbond substituents is 1. The van der Waals surface area contributed by atoms with Gasteiger partial charge in [0.25, 0.3) is 0 Å². The Morgan fingerprint density at radius 1 is 1.10 bits per heavy atom. The molecule has 30 heavy (non-hydrogen) atoms. The topological polar surface area (TPSA) is 61.3 Å². The number of rotatable bonds is 5. The zero-order valence-electron chi connectivity index (χ0n) is 17.4. The van der Waals surface area contributed by atoms with Crippen molar-refractivity contribution in [1.29, 1.82) is 0 Å². The number of imidazole rings is 1. The van der Waals surface area contributed by atoms with Gasteiger partial charge in [-0.2, -0.15) is 0 Å². The molecule has 7 heteroatoms. The van der Waals surface area contributed by atoms with Gasteiger partial charge in [-0.15, -0.1) is 0 Å². The molecule has 0 saturated heterocycles. The Bertz CT molecular complexity index is 1300. The highest BCUT2D eigenvalue weighted by molar-refractivity contribution is 5.77. The maximum absolute atomic E-state index is 14.2. The summed E-state index contributed by atoms with van der Waals surface area (Å²) in [7, 11) is 4.92. The van der Waals surface area contributed by atoms with Crippen molar-refractivity contribution in [2.75, 3.05) is 7.11 Å². The molecular formula is C23H24FN3O3. The number of methoxy groups -OCH3 is 1. The van der Waals surface area contributed by atoms with Crippen LogP contribution in [0.5, 0.6) is 11.5 Å². The van der Waals surface area contributed by atoms with Gasteiger partial charge in [0, 0.05) is 31.5 Å². The smallest absolute Gasteiger partial charge is 0.328 e. The number of aromatic hydroxyl groups is 1. The van der Waals surface area contributed by atoms with Crippen molar-refractivity contribution in [3.05, 3.63) is 70.5 Å². The first-order chi connectivity index (χ1) is 14.4. The molecule has 0 spiro atoms. The molecule has 4 aromatic rings. The highest BCUT2D eigenvalue weighted by atomic mass is 19.1. The summed E-state index contributed by atoms with van der Waals surface area (Å²) in [5.41, 5.74) is 4.14. The highest BCUT2D eigenvalue weighted by Gasteiger charge is 2.19. The van der Waals surface area contributed by atoms with Crippen LogP contribution in [0.1, 0.15) is 24.9 Å². The highest BCUT2D eigenvalue weighted by Crippen LogP contribution is 2.37. The van der Waals surface area contributed by atoms with Crippen molar-refractivity contribution < 1.29 is 14.2 Å². The van der Waals surface area contributed by atoms with Crippen LogP contribution in [0.25, 0.3) is 22.3 Å². The van der Waals surface area contributed by atoms with Crippen molar-refractivity contribution >= 4 is 11.0 Å². The van der Waals surface area contributed by atoms with Gasteiger partial charge < -0.3 is 14.4 Å². The second-order valence-corrected chi connectivity index (χ2v) is 7.38. The fourth-order valence-corrected chi connectivity index (χ4v) is 4.11. The van der Waals surface area contributed by atoms with Crippen LogP contribution < -0.4 is 10.4 Å². The molecular weight excluding hydrogens is 385 g/mol. The number of aryl methyl sites for hydroxylation is 2. The minimum absolute atomic E-state index is 0.0161. The van der Waals surface area contributed by atoms with Crippen molar-refractivity contribution in [1.82, 2.24) is 13.7 Å². The Kier molecular flexibility index (Phi) is 4.89. The molecule has 6 nitrogen and oxygen atoms in total. The first-order valence-electron chi connectivity index (χ1n) is 9.76. The molecule has 156 valence electrons. The van der Waals surface area contributed by atoms with Crippen LogP contribution >= 0.6 is 0 Å². The van der Waals surface area contributed by atoms with E-state index in [1.165, 1.54) is 13.2 Å². The lowest BCUT2D eigenvalue weighted by Crippen LogP contribution is -2.19. The number of nitrogens with zero attached hydrogens (tertiary/aromatic N) is 3. The van der Waals surface area contributed by atoms with Crippen LogP contribution in [0.3, 0.4) is 0 Å². The minimum Gasteiger partial charge on any atom is -0.502 e. The summed E-state index contributed by atoms with van der Waals surface area (Å²) in [5, 5.41) is 9.84. The lowest BCUT2D eigenvalue weighted by molar-refractivity contribution is 0.357. The molecule has 2 heterocycles. The molecule has 2 aromatic heterocycles. The molecule has 1 N–H and O–H groups in total. The van der Waals surface area contributed by atoms with Crippen LogP contribution in [0, 0.1) is 5.82 Å². The molecule has 2 aromatic carbocycles. The maximum atomic E-state index is 14.2. The summed E-state index contributed by atoms with van der Waals surface area (Å²) in [6, 6.07) is 12.8. The second-order valence-electron chi connectivity index (χ2n) is 7.38. The Morgan fingerprint density at radius 2 is 1.83 bits per heavy atom. The predicted molar refractivity (Wildman–Crippen MR) is 115 cm³/mol. The fourth-order valence-electron chi connectivity index (χ4n) is 4.11. The van der Waals surface area contributed by atoms with Crippen molar-refractivity contribution in [2.45, 2.75) is 19.4 Å². The van der Waals surface area contributed by atoms with Gasteiger partial charge in [-0.05, 0) is 48.4 Å². The molecule has 0 aliphatic carbocycles. The molecule has 1 unspecified atom stereocenters. The first kappa shape index (κ1) is 19.8. The van der Waals surface area contributed by atoms with Gasteiger partial charge in [0.1, 0.15) is 0 Å². The number of ether oxygens (including phenoxy) is 1. The van der Waals surface area contributed by atoms with Crippen LogP contribution in [0.15, 0.2) is 53.5 Å². The van der Waals surface area contributed by atoms with E-state index in [1.807, 2.05) is 36.5 Å². The summed E-state index contributed by atoms with van der Waals surface area (Å²) in [6.45, 7) is 2.08.